The van der Waals surface area contributed by atoms with Crippen LogP contribution < -0.4 is 0 Å². The van der Waals surface area contributed by atoms with Gasteiger partial charge in [-0.2, -0.15) is 0 Å². The molecule has 0 N–H and O–H groups in total. The zero-order chi connectivity index (χ0) is 10.2. The van der Waals surface area contributed by atoms with Crippen LogP contribution in [0, 0.1) is 0 Å². The van der Waals surface area contributed by atoms with Crippen LogP contribution in [-0.4, -0.2) is 31.7 Å². The summed E-state index contributed by atoms with van der Waals surface area (Å²) < 4.78 is 1.21. The molecule has 0 aromatic heterocycles. The third-order valence-electron chi connectivity index (χ3n) is 2.70. The Morgan fingerprint density at radius 3 is 1.85 bits per heavy atom. The average Bonchev–Trinajstić information content (AvgIpc) is 2.04. The van der Waals surface area contributed by atoms with Crippen molar-refractivity contribution in [2.24, 2.45) is 0 Å². The van der Waals surface area contributed by atoms with Crippen molar-refractivity contribution in [1.82, 2.24) is 0 Å². The minimum absolute atomic E-state index is 1.21. The second kappa shape index (κ2) is 7.37. The predicted molar refractivity (Wildman–Crippen MR) is 60.9 cm³/mol. The highest BCUT2D eigenvalue weighted by molar-refractivity contribution is 4.42. The number of unbranched alkanes of at least 4 members (excludes halogenated alkanes) is 4. The molecule has 1 heteroatoms. The largest absolute Gasteiger partial charge is 0.328 e. The molecular formula is C12H28N+. The molecule has 0 aliphatic carbocycles. The topological polar surface area (TPSA) is 0 Å². The van der Waals surface area contributed by atoms with E-state index in [-0.39, 0.29) is 0 Å². The SMILES string of the molecule is CCCCCCC[N+](C)(C)CCC. The van der Waals surface area contributed by atoms with Gasteiger partial charge in [0.05, 0.1) is 27.2 Å². The van der Waals surface area contributed by atoms with Crippen LogP contribution in [0.3, 0.4) is 0 Å². The van der Waals surface area contributed by atoms with E-state index < -0.39 is 0 Å². The van der Waals surface area contributed by atoms with Crippen LogP contribution in [0.15, 0.2) is 0 Å². The van der Waals surface area contributed by atoms with Crippen LogP contribution in [0.25, 0.3) is 0 Å². The van der Waals surface area contributed by atoms with Gasteiger partial charge in [0.2, 0.25) is 0 Å². The molecule has 0 unspecified atom stereocenters. The maximum absolute atomic E-state index is 2.35. The van der Waals surface area contributed by atoms with Gasteiger partial charge in [-0.3, -0.25) is 0 Å². The van der Waals surface area contributed by atoms with Crippen molar-refractivity contribution in [3.05, 3.63) is 0 Å². The highest BCUT2D eigenvalue weighted by atomic mass is 15.3. The van der Waals surface area contributed by atoms with E-state index in [4.69, 9.17) is 0 Å². The van der Waals surface area contributed by atoms with Crippen LogP contribution in [0.5, 0.6) is 0 Å². The molecule has 0 aliphatic rings. The fourth-order valence-electron chi connectivity index (χ4n) is 1.86. The van der Waals surface area contributed by atoms with Crippen molar-refractivity contribution in [1.29, 1.82) is 0 Å². The van der Waals surface area contributed by atoms with E-state index >= 15 is 0 Å². The Hall–Kier alpha value is -0.0400. The number of nitrogens with zero attached hydrogens (tertiary/aromatic N) is 1. The van der Waals surface area contributed by atoms with Gasteiger partial charge < -0.3 is 4.48 Å². The molecular weight excluding hydrogens is 158 g/mol. The Morgan fingerprint density at radius 2 is 1.31 bits per heavy atom. The lowest BCUT2D eigenvalue weighted by molar-refractivity contribution is -0.890. The van der Waals surface area contributed by atoms with E-state index in [0.717, 1.165) is 0 Å². The monoisotopic (exact) mass is 186 g/mol. The fraction of sp³-hybridized carbons (Fsp3) is 1.00. The molecule has 0 rings (SSSR count). The van der Waals surface area contributed by atoms with Crippen LogP contribution in [-0.2, 0) is 0 Å². The quantitative estimate of drug-likeness (QED) is 0.402. The molecule has 0 amide bonds. The Bertz CT molecular complexity index is 108. The number of hydrogen-bond donors (Lipinski definition) is 0. The first-order valence-electron chi connectivity index (χ1n) is 5.94. The molecule has 0 aromatic rings. The molecule has 0 bridgehead atoms. The van der Waals surface area contributed by atoms with Crippen LogP contribution in [0.1, 0.15) is 52.4 Å². The molecule has 0 aromatic carbocycles. The first kappa shape index (κ1) is 13.0. The summed E-state index contributed by atoms with van der Waals surface area (Å²) in [5.41, 5.74) is 0. The zero-order valence-electron chi connectivity index (χ0n) is 10.1. The van der Waals surface area contributed by atoms with Gasteiger partial charge in [-0.25, -0.2) is 0 Å². The molecule has 0 saturated heterocycles. The maximum atomic E-state index is 2.35. The summed E-state index contributed by atoms with van der Waals surface area (Å²) in [6.07, 6.45) is 8.35. The smallest absolute Gasteiger partial charge is 0.0782 e. The molecule has 13 heavy (non-hydrogen) atoms. The molecule has 0 spiro atoms. The average molecular weight is 186 g/mol. The van der Waals surface area contributed by atoms with E-state index in [1.165, 1.54) is 56.1 Å². The lowest BCUT2D eigenvalue weighted by atomic mass is 10.1. The molecule has 0 saturated carbocycles. The standard InChI is InChI=1S/C12H28N/c1-5-7-8-9-10-12-13(3,4)11-6-2/h5-12H2,1-4H3/q+1. The fourth-order valence-corrected chi connectivity index (χ4v) is 1.86. The van der Waals surface area contributed by atoms with Crippen molar-refractivity contribution in [2.45, 2.75) is 52.4 Å². The summed E-state index contributed by atoms with van der Waals surface area (Å²) in [6, 6.07) is 0. The molecule has 80 valence electrons. The van der Waals surface area contributed by atoms with Crippen molar-refractivity contribution in [3.63, 3.8) is 0 Å². The van der Waals surface area contributed by atoms with Gasteiger partial charge in [0.15, 0.2) is 0 Å². The summed E-state index contributed by atoms with van der Waals surface area (Å²) in [5, 5.41) is 0. The Morgan fingerprint density at radius 1 is 0.692 bits per heavy atom. The van der Waals surface area contributed by atoms with Gasteiger partial charge in [0, 0.05) is 0 Å². The number of rotatable bonds is 8. The maximum Gasteiger partial charge on any atom is 0.0782 e. The van der Waals surface area contributed by atoms with Gasteiger partial charge in [0.1, 0.15) is 0 Å². The normalized spacial score (nSPS) is 12.0. The second-order valence-electron chi connectivity index (χ2n) is 4.80. The van der Waals surface area contributed by atoms with Crippen molar-refractivity contribution in [2.75, 3.05) is 27.2 Å². The number of hydrogen-bond acceptors (Lipinski definition) is 0. The molecule has 0 heterocycles. The molecule has 0 aliphatic heterocycles. The zero-order valence-corrected chi connectivity index (χ0v) is 10.1. The molecule has 1 nitrogen and oxygen atoms in total. The third kappa shape index (κ3) is 8.29. The van der Waals surface area contributed by atoms with E-state index in [0.29, 0.717) is 0 Å². The second-order valence-corrected chi connectivity index (χ2v) is 4.80. The van der Waals surface area contributed by atoms with Crippen LogP contribution in [0.4, 0.5) is 0 Å². The summed E-state index contributed by atoms with van der Waals surface area (Å²) in [6.45, 7) is 7.24. The molecule has 0 radical (unpaired) electrons. The van der Waals surface area contributed by atoms with Gasteiger partial charge in [-0.15, -0.1) is 0 Å². The van der Waals surface area contributed by atoms with Crippen LogP contribution >= 0.6 is 0 Å². The summed E-state index contributed by atoms with van der Waals surface area (Å²) >= 11 is 0. The van der Waals surface area contributed by atoms with Crippen molar-refractivity contribution >= 4 is 0 Å². The lowest BCUT2D eigenvalue weighted by Crippen LogP contribution is -2.40. The van der Waals surface area contributed by atoms with Gasteiger partial charge in [-0.05, 0) is 19.3 Å². The Balaban J connectivity index is 3.29. The van der Waals surface area contributed by atoms with Crippen molar-refractivity contribution < 1.29 is 4.48 Å². The predicted octanol–water partition coefficient (Wildman–Crippen LogP) is 3.44. The van der Waals surface area contributed by atoms with E-state index in [2.05, 4.69) is 27.9 Å². The summed E-state index contributed by atoms with van der Waals surface area (Å²) in [5.74, 6) is 0. The molecule has 0 atom stereocenters. The minimum atomic E-state index is 1.21. The Kier molecular flexibility index (Phi) is 7.35. The summed E-state index contributed by atoms with van der Waals surface area (Å²) in [7, 11) is 4.70. The first-order valence-corrected chi connectivity index (χ1v) is 5.94. The Labute approximate surface area is 84.7 Å². The van der Waals surface area contributed by atoms with E-state index in [1.54, 1.807) is 0 Å². The lowest BCUT2D eigenvalue weighted by Gasteiger charge is -2.29. The van der Waals surface area contributed by atoms with E-state index in [1.807, 2.05) is 0 Å². The molecule has 0 fully saturated rings. The summed E-state index contributed by atoms with van der Waals surface area (Å²) in [4.78, 5) is 0. The number of quaternary nitrogens is 1. The van der Waals surface area contributed by atoms with Gasteiger partial charge in [-0.1, -0.05) is 33.1 Å². The van der Waals surface area contributed by atoms with Gasteiger partial charge in [0.25, 0.3) is 0 Å². The minimum Gasteiger partial charge on any atom is -0.328 e. The highest BCUT2D eigenvalue weighted by Gasteiger charge is 2.11. The van der Waals surface area contributed by atoms with Crippen LogP contribution in [0.2, 0.25) is 0 Å². The van der Waals surface area contributed by atoms with E-state index in [9.17, 15) is 0 Å². The van der Waals surface area contributed by atoms with Gasteiger partial charge >= 0.3 is 0 Å². The van der Waals surface area contributed by atoms with Crippen molar-refractivity contribution in [3.8, 4) is 0 Å². The first-order chi connectivity index (χ1) is 6.12. The highest BCUT2D eigenvalue weighted by Crippen LogP contribution is 2.07. The third-order valence-corrected chi connectivity index (χ3v) is 2.70.